The van der Waals surface area contributed by atoms with Gasteiger partial charge >= 0.3 is 0 Å². The van der Waals surface area contributed by atoms with Crippen molar-refractivity contribution in [2.45, 2.75) is 64.1 Å². The molecular weight excluding hydrogens is 264 g/mol. The number of nitrogens with zero attached hydrogens (tertiary/aromatic N) is 1. The summed E-state index contributed by atoms with van der Waals surface area (Å²) in [6.07, 6.45) is 3.72. The molecule has 0 amide bonds. The Morgan fingerprint density at radius 2 is 2.10 bits per heavy atom. The van der Waals surface area contributed by atoms with Crippen LogP contribution in [0.25, 0.3) is 0 Å². The molecule has 1 saturated carbocycles. The van der Waals surface area contributed by atoms with E-state index in [-0.39, 0.29) is 11.5 Å². The SMILES string of the molecule is CC(C)(C)c1cc(CNC2CC2)cc(OC2CCOC2)n1. The normalized spacial score (nSPS) is 22.5. The van der Waals surface area contributed by atoms with E-state index in [9.17, 15) is 0 Å². The fourth-order valence-corrected chi connectivity index (χ4v) is 2.43. The highest BCUT2D eigenvalue weighted by atomic mass is 16.5. The zero-order valence-electron chi connectivity index (χ0n) is 13.3. The molecule has 2 heterocycles. The number of pyridine rings is 1. The zero-order chi connectivity index (χ0) is 14.9. The Labute approximate surface area is 127 Å². The molecule has 2 aliphatic rings. The monoisotopic (exact) mass is 290 g/mol. The summed E-state index contributed by atoms with van der Waals surface area (Å²) < 4.78 is 11.4. The topological polar surface area (TPSA) is 43.4 Å². The summed E-state index contributed by atoms with van der Waals surface area (Å²) in [5.41, 5.74) is 2.38. The third-order valence-electron chi connectivity index (χ3n) is 3.98. The number of hydrogen-bond acceptors (Lipinski definition) is 4. The Morgan fingerprint density at radius 1 is 1.29 bits per heavy atom. The van der Waals surface area contributed by atoms with Gasteiger partial charge in [-0.3, -0.25) is 0 Å². The minimum absolute atomic E-state index is 0.0277. The highest BCUT2D eigenvalue weighted by Gasteiger charge is 2.23. The average Bonchev–Trinajstić information content (AvgIpc) is 3.12. The lowest BCUT2D eigenvalue weighted by atomic mass is 9.91. The van der Waals surface area contributed by atoms with Crippen molar-refractivity contribution in [2.24, 2.45) is 0 Å². The van der Waals surface area contributed by atoms with Crippen LogP contribution in [0, 0.1) is 0 Å². The van der Waals surface area contributed by atoms with Gasteiger partial charge in [0.25, 0.3) is 0 Å². The minimum Gasteiger partial charge on any atom is -0.472 e. The first-order chi connectivity index (χ1) is 10.0. The van der Waals surface area contributed by atoms with Crippen LogP contribution in [0.2, 0.25) is 0 Å². The standard InChI is InChI=1S/C17H26N2O2/c1-17(2,3)15-8-12(10-18-13-4-5-13)9-16(19-15)21-14-6-7-20-11-14/h8-9,13-14,18H,4-7,10-11H2,1-3H3. The van der Waals surface area contributed by atoms with Crippen molar-refractivity contribution in [1.82, 2.24) is 10.3 Å². The van der Waals surface area contributed by atoms with E-state index in [0.29, 0.717) is 12.6 Å². The van der Waals surface area contributed by atoms with E-state index in [1.165, 1.54) is 18.4 Å². The zero-order valence-corrected chi connectivity index (χ0v) is 13.3. The molecule has 21 heavy (non-hydrogen) atoms. The van der Waals surface area contributed by atoms with Crippen LogP contribution in [0.1, 0.15) is 51.3 Å². The average molecular weight is 290 g/mol. The van der Waals surface area contributed by atoms with E-state index in [1.54, 1.807) is 0 Å². The lowest BCUT2D eigenvalue weighted by Gasteiger charge is -2.21. The third-order valence-corrected chi connectivity index (χ3v) is 3.98. The Bertz CT molecular complexity index is 486. The Morgan fingerprint density at radius 3 is 2.71 bits per heavy atom. The molecule has 4 nitrogen and oxygen atoms in total. The number of nitrogens with one attached hydrogen (secondary N) is 1. The number of ether oxygens (including phenoxy) is 2. The first kappa shape index (κ1) is 14.8. The molecule has 0 bridgehead atoms. The van der Waals surface area contributed by atoms with Crippen LogP contribution in [-0.4, -0.2) is 30.3 Å². The van der Waals surface area contributed by atoms with Crippen molar-refractivity contribution in [3.8, 4) is 5.88 Å². The van der Waals surface area contributed by atoms with Crippen LogP contribution in [0.15, 0.2) is 12.1 Å². The maximum atomic E-state index is 6.01. The van der Waals surface area contributed by atoms with Crippen molar-refractivity contribution < 1.29 is 9.47 Å². The van der Waals surface area contributed by atoms with Crippen molar-refractivity contribution in [3.63, 3.8) is 0 Å². The molecular formula is C17H26N2O2. The van der Waals surface area contributed by atoms with Crippen LogP contribution >= 0.6 is 0 Å². The molecule has 3 rings (SSSR count). The van der Waals surface area contributed by atoms with Gasteiger partial charge in [-0.05, 0) is 24.5 Å². The molecule has 1 aliphatic carbocycles. The predicted octanol–water partition coefficient (Wildman–Crippen LogP) is 2.80. The van der Waals surface area contributed by atoms with E-state index >= 15 is 0 Å². The van der Waals surface area contributed by atoms with Crippen molar-refractivity contribution >= 4 is 0 Å². The molecule has 0 radical (unpaired) electrons. The maximum Gasteiger partial charge on any atom is 0.214 e. The molecule has 0 aromatic carbocycles. The molecule has 1 unspecified atom stereocenters. The molecule has 4 heteroatoms. The fraction of sp³-hybridized carbons (Fsp3) is 0.706. The van der Waals surface area contributed by atoms with Gasteiger partial charge < -0.3 is 14.8 Å². The Balaban J connectivity index is 1.76. The van der Waals surface area contributed by atoms with Crippen LogP contribution in [-0.2, 0) is 16.7 Å². The molecule has 0 spiro atoms. The van der Waals surface area contributed by atoms with Crippen molar-refractivity contribution in [3.05, 3.63) is 23.4 Å². The van der Waals surface area contributed by atoms with Gasteiger partial charge in [0.05, 0.1) is 18.9 Å². The van der Waals surface area contributed by atoms with Gasteiger partial charge in [-0.25, -0.2) is 4.98 Å². The molecule has 1 aromatic rings. The predicted molar refractivity (Wildman–Crippen MR) is 82.7 cm³/mol. The lowest BCUT2D eigenvalue weighted by molar-refractivity contribution is 0.137. The first-order valence-corrected chi connectivity index (χ1v) is 8.00. The highest BCUT2D eigenvalue weighted by Crippen LogP contribution is 2.26. The minimum atomic E-state index is 0.0277. The Kier molecular flexibility index (Phi) is 4.18. The summed E-state index contributed by atoms with van der Waals surface area (Å²) in [4.78, 5) is 4.71. The lowest BCUT2D eigenvalue weighted by Crippen LogP contribution is -2.21. The van der Waals surface area contributed by atoms with Gasteiger partial charge in [0, 0.05) is 30.5 Å². The van der Waals surface area contributed by atoms with Crippen LogP contribution < -0.4 is 10.1 Å². The summed E-state index contributed by atoms with van der Waals surface area (Å²) in [5.74, 6) is 0.741. The van der Waals surface area contributed by atoms with Gasteiger partial charge in [0.1, 0.15) is 6.10 Å². The summed E-state index contributed by atoms with van der Waals surface area (Å²) >= 11 is 0. The molecule has 1 saturated heterocycles. The van der Waals surface area contributed by atoms with Gasteiger partial charge in [-0.15, -0.1) is 0 Å². The highest BCUT2D eigenvalue weighted by molar-refractivity contribution is 5.29. The number of hydrogen-bond donors (Lipinski definition) is 1. The molecule has 1 aliphatic heterocycles. The van der Waals surface area contributed by atoms with E-state index in [4.69, 9.17) is 14.5 Å². The van der Waals surface area contributed by atoms with Crippen molar-refractivity contribution in [2.75, 3.05) is 13.2 Å². The smallest absolute Gasteiger partial charge is 0.214 e. The fourth-order valence-electron chi connectivity index (χ4n) is 2.43. The van der Waals surface area contributed by atoms with E-state index < -0.39 is 0 Å². The van der Waals surface area contributed by atoms with Crippen LogP contribution in [0.5, 0.6) is 5.88 Å². The van der Waals surface area contributed by atoms with E-state index in [0.717, 1.165) is 31.1 Å². The summed E-state index contributed by atoms with van der Waals surface area (Å²) in [5, 5.41) is 3.56. The second-order valence-corrected chi connectivity index (χ2v) is 7.21. The molecule has 1 atom stereocenters. The largest absolute Gasteiger partial charge is 0.472 e. The van der Waals surface area contributed by atoms with Gasteiger partial charge in [-0.2, -0.15) is 0 Å². The summed E-state index contributed by atoms with van der Waals surface area (Å²) in [7, 11) is 0. The third kappa shape index (κ3) is 4.17. The van der Waals surface area contributed by atoms with Gasteiger partial charge in [0.15, 0.2) is 0 Å². The molecule has 116 valence electrons. The van der Waals surface area contributed by atoms with Crippen LogP contribution in [0.3, 0.4) is 0 Å². The number of aromatic nitrogens is 1. The maximum absolute atomic E-state index is 6.01. The molecule has 1 N–H and O–H groups in total. The summed E-state index contributed by atoms with van der Waals surface area (Å²) in [6.45, 7) is 8.94. The van der Waals surface area contributed by atoms with Crippen molar-refractivity contribution in [1.29, 1.82) is 0 Å². The molecule has 1 aromatic heterocycles. The second-order valence-electron chi connectivity index (χ2n) is 7.21. The quantitative estimate of drug-likeness (QED) is 0.905. The number of rotatable bonds is 5. The Hall–Kier alpha value is -1.13. The second kappa shape index (κ2) is 5.93. The molecule has 2 fully saturated rings. The van der Waals surface area contributed by atoms with Gasteiger partial charge in [0.2, 0.25) is 5.88 Å². The summed E-state index contributed by atoms with van der Waals surface area (Å²) in [6, 6.07) is 4.99. The van der Waals surface area contributed by atoms with Crippen LogP contribution in [0.4, 0.5) is 0 Å². The first-order valence-electron chi connectivity index (χ1n) is 8.00. The van der Waals surface area contributed by atoms with E-state index in [1.807, 2.05) is 0 Å². The van der Waals surface area contributed by atoms with Gasteiger partial charge in [-0.1, -0.05) is 20.8 Å². The van der Waals surface area contributed by atoms with E-state index in [2.05, 4.69) is 38.2 Å².